The minimum atomic E-state index is -4.19. The van der Waals surface area contributed by atoms with E-state index in [4.69, 9.17) is 16.7 Å². The third kappa shape index (κ3) is 3.86. The Morgan fingerprint density at radius 3 is 2.26 bits per heavy atom. The predicted molar refractivity (Wildman–Crippen MR) is 84.2 cm³/mol. The summed E-state index contributed by atoms with van der Waals surface area (Å²) in [5.74, 6) is -2.00. The van der Waals surface area contributed by atoms with Gasteiger partial charge in [-0.15, -0.1) is 0 Å². The molecule has 0 aliphatic carbocycles. The number of hydrogen-bond acceptors (Lipinski definition) is 4. The Hall–Kier alpha value is -2.42. The van der Waals surface area contributed by atoms with Crippen molar-refractivity contribution >= 4 is 39.2 Å². The number of primary sulfonamides is 1. The van der Waals surface area contributed by atoms with Crippen LogP contribution in [0.2, 0.25) is 5.02 Å². The van der Waals surface area contributed by atoms with Gasteiger partial charge in [-0.25, -0.2) is 18.4 Å². The number of rotatable bonds is 4. The monoisotopic (exact) mass is 354 g/mol. The quantitative estimate of drug-likeness (QED) is 0.773. The van der Waals surface area contributed by atoms with Gasteiger partial charge in [0.25, 0.3) is 5.91 Å². The summed E-state index contributed by atoms with van der Waals surface area (Å²) in [5, 5.41) is 16.3. The third-order valence-corrected chi connectivity index (χ3v) is 4.27. The fourth-order valence-electron chi connectivity index (χ4n) is 1.84. The Bertz CT molecular complexity index is 882. The van der Waals surface area contributed by atoms with E-state index in [0.717, 1.165) is 12.1 Å². The van der Waals surface area contributed by atoms with Crippen molar-refractivity contribution in [2.75, 3.05) is 5.32 Å². The molecule has 0 atom stereocenters. The smallest absolute Gasteiger partial charge is 0.337 e. The molecule has 4 N–H and O–H groups in total. The summed E-state index contributed by atoms with van der Waals surface area (Å²) in [6.45, 7) is 0. The summed E-state index contributed by atoms with van der Waals surface area (Å²) >= 11 is 5.82. The van der Waals surface area contributed by atoms with Gasteiger partial charge in [0.15, 0.2) is 0 Å². The van der Waals surface area contributed by atoms with Crippen LogP contribution in [0, 0.1) is 0 Å². The van der Waals surface area contributed by atoms with Crippen molar-refractivity contribution in [2.24, 2.45) is 5.14 Å². The van der Waals surface area contributed by atoms with Crippen LogP contribution in [-0.4, -0.2) is 25.4 Å². The lowest BCUT2D eigenvalue weighted by atomic mass is 10.1. The zero-order chi connectivity index (χ0) is 17.2. The number of amides is 1. The maximum atomic E-state index is 12.1. The number of carboxylic acids is 1. The molecule has 7 nitrogen and oxygen atoms in total. The molecule has 0 aliphatic heterocycles. The summed E-state index contributed by atoms with van der Waals surface area (Å²) in [4.78, 5) is 22.9. The number of anilines is 1. The highest BCUT2D eigenvalue weighted by Gasteiger charge is 2.21. The largest absolute Gasteiger partial charge is 0.478 e. The topological polar surface area (TPSA) is 127 Å². The van der Waals surface area contributed by atoms with Gasteiger partial charge in [-0.1, -0.05) is 29.8 Å². The molecule has 0 saturated carbocycles. The van der Waals surface area contributed by atoms with E-state index >= 15 is 0 Å². The Morgan fingerprint density at radius 1 is 1.13 bits per heavy atom. The van der Waals surface area contributed by atoms with Crippen LogP contribution in [0.3, 0.4) is 0 Å². The number of sulfonamides is 1. The number of carbonyl (C=O) groups is 2. The molecule has 2 rings (SSSR count). The summed E-state index contributed by atoms with van der Waals surface area (Å²) in [6.07, 6.45) is 0. The minimum absolute atomic E-state index is 0.135. The zero-order valence-electron chi connectivity index (χ0n) is 11.5. The van der Waals surface area contributed by atoms with E-state index in [0.29, 0.717) is 5.56 Å². The first-order valence-corrected chi connectivity index (χ1v) is 8.08. The molecule has 0 bridgehead atoms. The maximum Gasteiger partial charge on any atom is 0.337 e. The standard InChI is InChI=1S/C14H11ClN2O5S/c15-10-7-11(17-13(18)8-4-2-1-3-5-8)9(14(19)20)6-12(10)23(16,21)22/h1-7H,(H,17,18)(H,19,20)(H2,16,21,22). The first kappa shape index (κ1) is 16.9. The number of nitrogens with two attached hydrogens (primary N) is 1. The van der Waals surface area contributed by atoms with Gasteiger partial charge in [-0.3, -0.25) is 4.79 Å². The van der Waals surface area contributed by atoms with Gasteiger partial charge in [0.05, 0.1) is 16.3 Å². The zero-order valence-corrected chi connectivity index (χ0v) is 13.1. The van der Waals surface area contributed by atoms with Crippen LogP contribution in [-0.2, 0) is 10.0 Å². The van der Waals surface area contributed by atoms with E-state index in [1.54, 1.807) is 18.2 Å². The van der Waals surface area contributed by atoms with E-state index < -0.39 is 32.4 Å². The first-order valence-electron chi connectivity index (χ1n) is 6.16. The highest BCUT2D eigenvalue weighted by atomic mass is 35.5. The predicted octanol–water partition coefficient (Wildman–Crippen LogP) is 1.94. The normalized spacial score (nSPS) is 11.0. The molecular formula is C14H11ClN2O5S. The Labute approximate surface area is 136 Å². The van der Waals surface area contributed by atoms with E-state index in [1.807, 2.05) is 0 Å². The SMILES string of the molecule is NS(=O)(=O)c1cc(C(=O)O)c(NC(=O)c2ccccc2)cc1Cl. The summed E-state index contributed by atoms with van der Waals surface area (Å²) in [6, 6.07) is 9.92. The average molecular weight is 355 g/mol. The van der Waals surface area contributed by atoms with E-state index in [1.165, 1.54) is 12.1 Å². The van der Waals surface area contributed by atoms with Gasteiger partial charge in [0.1, 0.15) is 4.90 Å². The molecular weight excluding hydrogens is 344 g/mol. The van der Waals surface area contributed by atoms with Crippen LogP contribution in [0.15, 0.2) is 47.4 Å². The fraction of sp³-hybridized carbons (Fsp3) is 0. The van der Waals surface area contributed by atoms with Crippen molar-refractivity contribution in [3.8, 4) is 0 Å². The molecule has 0 heterocycles. The number of carbonyl (C=O) groups excluding carboxylic acids is 1. The Kier molecular flexibility index (Phi) is 4.69. The van der Waals surface area contributed by atoms with Gasteiger partial charge >= 0.3 is 5.97 Å². The van der Waals surface area contributed by atoms with Crippen molar-refractivity contribution < 1.29 is 23.1 Å². The van der Waals surface area contributed by atoms with Gasteiger partial charge in [0, 0.05) is 5.56 Å². The van der Waals surface area contributed by atoms with E-state index in [-0.39, 0.29) is 10.7 Å². The second kappa shape index (κ2) is 6.37. The molecule has 2 aromatic carbocycles. The third-order valence-electron chi connectivity index (χ3n) is 2.89. The van der Waals surface area contributed by atoms with Gasteiger partial charge in [-0.05, 0) is 24.3 Å². The molecule has 0 radical (unpaired) electrons. The summed E-state index contributed by atoms with van der Waals surface area (Å²) in [7, 11) is -4.19. The minimum Gasteiger partial charge on any atom is -0.478 e. The molecule has 0 aromatic heterocycles. The maximum absolute atomic E-state index is 12.1. The van der Waals surface area contributed by atoms with Crippen LogP contribution in [0.5, 0.6) is 0 Å². The highest BCUT2D eigenvalue weighted by molar-refractivity contribution is 7.89. The summed E-state index contributed by atoms with van der Waals surface area (Å²) < 4.78 is 22.8. The number of nitrogens with one attached hydrogen (secondary N) is 1. The molecule has 2 aromatic rings. The first-order chi connectivity index (χ1) is 10.7. The Morgan fingerprint density at radius 2 is 1.74 bits per heavy atom. The molecule has 0 unspecified atom stereocenters. The second-order valence-corrected chi connectivity index (χ2v) is 6.44. The lowest BCUT2D eigenvalue weighted by Gasteiger charge is -2.11. The van der Waals surface area contributed by atoms with Crippen molar-refractivity contribution in [1.82, 2.24) is 0 Å². The Balaban J connectivity index is 2.49. The van der Waals surface area contributed by atoms with Gasteiger partial charge in [0.2, 0.25) is 10.0 Å². The molecule has 0 saturated heterocycles. The van der Waals surface area contributed by atoms with Crippen LogP contribution < -0.4 is 10.5 Å². The molecule has 9 heteroatoms. The molecule has 0 spiro atoms. The van der Waals surface area contributed by atoms with Crippen LogP contribution in [0.25, 0.3) is 0 Å². The van der Waals surface area contributed by atoms with Crippen LogP contribution in [0.4, 0.5) is 5.69 Å². The van der Waals surface area contributed by atoms with Crippen molar-refractivity contribution in [2.45, 2.75) is 4.90 Å². The summed E-state index contributed by atoms with van der Waals surface area (Å²) in [5.41, 5.74) is -0.276. The van der Waals surface area contributed by atoms with Crippen LogP contribution in [0.1, 0.15) is 20.7 Å². The molecule has 0 aliphatic rings. The number of hydrogen-bond donors (Lipinski definition) is 3. The lowest BCUT2D eigenvalue weighted by molar-refractivity contribution is 0.0698. The van der Waals surface area contributed by atoms with Crippen LogP contribution >= 0.6 is 11.6 Å². The van der Waals surface area contributed by atoms with Gasteiger partial charge in [-0.2, -0.15) is 0 Å². The van der Waals surface area contributed by atoms with Crippen molar-refractivity contribution in [3.05, 3.63) is 58.6 Å². The second-order valence-electron chi connectivity index (χ2n) is 4.50. The number of carboxylic acid groups (broad SMARTS) is 1. The van der Waals surface area contributed by atoms with E-state index in [2.05, 4.69) is 5.32 Å². The molecule has 0 fully saturated rings. The lowest BCUT2D eigenvalue weighted by Crippen LogP contribution is -2.17. The van der Waals surface area contributed by atoms with Crippen molar-refractivity contribution in [1.29, 1.82) is 0 Å². The number of aromatic carboxylic acids is 1. The van der Waals surface area contributed by atoms with Crippen molar-refractivity contribution in [3.63, 3.8) is 0 Å². The average Bonchev–Trinajstić information content (AvgIpc) is 2.46. The fourth-order valence-corrected chi connectivity index (χ4v) is 2.93. The molecule has 1 amide bonds. The number of halogens is 1. The highest BCUT2D eigenvalue weighted by Crippen LogP contribution is 2.28. The molecule has 23 heavy (non-hydrogen) atoms. The molecule has 120 valence electrons. The van der Waals surface area contributed by atoms with E-state index in [9.17, 15) is 23.1 Å². The van der Waals surface area contributed by atoms with Gasteiger partial charge < -0.3 is 10.4 Å². The number of benzene rings is 2.